The van der Waals surface area contributed by atoms with Gasteiger partial charge in [0, 0.05) is 25.9 Å². The fraction of sp³-hybridized carbons (Fsp3) is 0.909. The molecule has 6 heteroatoms. The van der Waals surface area contributed by atoms with Crippen molar-refractivity contribution in [2.45, 2.75) is 27.2 Å². The van der Waals surface area contributed by atoms with Gasteiger partial charge in [-0.15, -0.1) is 0 Å². The zero-order chi connectivity index (χ0) is 13.3. The molecule has 0 unspecified atom stereocenters. The van der Waals surface area contributed by atoms with Crippen molar-refractivity contribution >= 4 is 15.8 Å². The molecule has 0 aromatic rings. The molecule has 0 aromatic heterocycles. The van der Waals surface area contributed by atoms with Crippen LogP contribution >= 0.6 is 0 Å². The first-order valence-corrected chi connectivity index (χ1v) is 7.88. The minimum Gasteiger partial charge on any atom is -0.356 e. The number of hydrogen-bond acceptors (Lipinski definition) is 3. The Morgan fingerprint density at radius 1 is 1.24 bits per heavy atom. The number of hydrogen-bond donors (Lipinski definition) is 2. The highest BCUT2D eigenvalue weighted by Gasteiger charge is 2.07. The summed E-state index contributed by atoms with van der Waals surface area (Å²) in [5.41, 5.74) is 0. The maximum absolute atomic E-state index is 11.3. The predicted octanol–water partition coefficient (Wildman–Crippen LogP) is 0.632. The summed E-state index contributed by atoms with van der Waals surface area (Å²) in [6.45, 7) is 7.22. The Kier molecular flexibility index (Phi) is 7.95. The van der Waals surface area contributed by atoms with E-state index >= 15 is 0 Å². The third-order valence-electron chi connectivity index (χ3n) is 2.38. The van der Waals surface area contributed by atoms with Crippen LogP contribution in [0.4, 0.5) is 0 Å². The van der Waals surface area contributed by atoms with Crippen LogP contribution in [0.15, 0.2) is 4.99 Å². The van der Waals surface area contributed by atoms with E-state index in [9.17, 15) is 8.42 Å². The lowest BCUT2D eigenvalue weighted by Crippen LogP contribution is -2.40. The summed E-state index contributed by atoms with van der Waals surface area (Å²) >= 11 is 0. The van der Waals surface area contributed by atoms with Crippen LogP contribution in [0, 0.1) is 5.92 Å². The van der Waals surface area contributed by atoms with Gasteiger partial charge in [-0.25, -0.2) is 8.42 Å². The molecule has 0 aliphatic heterocycles. The van der Waals surface area contributed by atoms with Crippen LogP contribution in [0.5, 0.6) is 0 Å². The van der Waals surface area contributed by atoms with Crippen LogP contribution in [-0.4, -0.2) is 46.0 Å². The molecule has 0 aliphatic carbocycles. The first-order valence-electron chi connectivity index (χ1n) is 6.06. The maximum atomic E-state index is 11.3. The molecular formula is C11H25N3O2S. The average Bonchev–Trinajstić information content (AvgIpc) is 2.26. The molecule has 17 heavy (non-hydrogen) atoms. The Morgan fingerprint density at radius 2 is 1.82 bits per heavy atom. The third-order valence-corrected chi connectivity index (χ3v) is 4.09. The fourth-order valence-electron chi connectivity index (χ4n) is 1.17. The summed E-state index contributed by atoms with van der Waals surface area (Å²) in [6.07, 6.45) is 1.06. The topological polar surface area (TPSA) is 70.6 Å². The molecule has 0 bridgehead atoms. The SMILES string of the molecule is CCS(=O)(=O)CCNC(=NC)NCCC(C)C. The second-order valence-corrected chi connectivity index (χ2v) is 6.82. The van der Waals surface area contributed by atoms with Gasteiger partial charge in [-0.1, -0.05) is 20.8 Å². The number of nitrogens with one attached hydrogen (secondary N) is 2. The van der Waals surface area contributed by atoms with Crippen LogP contribution < -0.4 is 10.6 Å². The Labute approximate surface area is 105 Å². The summed E-state index contributed by atoms with van der Waals surface area (Å²) in [4.78, 5) is 4.03. The smallest absolute Gasteiger partial charge is 0.191 e. The van der Waals surface area contributed by atoms with Crippen molar-refractivity contribution in [1.82, 2.24) is 10.6 Å². The molecule has 0 amide bonds. The largest absolute Gasteiger partial charge is 0.356 e. The standard InChI is InChI=1S/C11H25N3O2S/c1-5-17(15,16)9-8-14-11(12-4)13-7-6-10(2)3/h10H,5-9H2,1-4H3,(H2,12,13,14). The summed E-state index contributed by atoms with van der Waals surface area (Å²) in [7, 11) is -1.22. The Hall–Kier alpha value is -0.780. The van der Waals surface area contributed by atoms with E-state index in [0.717, 1.165) is 13.0 Å². The van der Waals surface area contributed by atoms with Crippen LogP contribution in [0.3, 0.4) is 0 Å². The van der Waals surface area contributed by atoms with Crippen LogP contribution in [-0.2, 0) is 9.84 Å². The van der Waals surface area contributed by atoms with Gasteiger partial charge < -0.3 is 10.6 Å². The van der Waals surface area contributed by atoms with Crippen LogP contribution in [0.2, 0.25) is 0 Å². The molecule has 5 nitrogen and oxygen atoms in total. The molecule has 0 atom stereocenters. The van der Waals surface area contributed by atoms with Crippen LogP contribution in [0.1, 0.15) is 27.2 Å². The van der Waals surface area contributed by atoms with Gasteiger partial charge in [0.1, 0.15) is 0 Å². The van der Waals surface area contributed by atoms with Gasteiger partial charge in [0.25, 0.3) is 0 Å². The molecule has 2 N–H and O–H groups in total. The first kappa shape index (κ1) is 16.2. The van der Waals surface area contributed by atoms with E-state index < -0.39 is 9.84 Å². The van der Waals surface area contributed by atoms with Crippen molar-refractivity contribution in [2.24, 2.45) is 10.9 Å². The van der Waals surface area contributed by atoms with E-state index in [1.54, 1.807) is 14.0 Å². The monoisotopic (exact) mass is 263 g/mol. The van der Waals surface area contributed by atoms with Crippen molar-refractivity contribution in [3.8, 4) is 0 Å². The minimum absolute atomic E-state index is 0.147. The van der Waals surface area contributed by atoms with Gasteiger partial charge in [0.2, 0.25) is 0 Å². The highest BCUT2D eigenvalue weighted by molar-refractivity contribution is 7.91. The number of rotatable bonds is 7. The predicted molar refractivity (Wildman–Crippen MR) is 73.1 cm³/mol. The highest BCUT2D eigenvalue weighted by Crippen LogP contribution is 1.95. The van der Waals surface area contributed by atoms with Crippen LogP contribution in [0.25, 0.3) is 0 Å². The zero-order valence-corrected chi connectivity index (χ0v) is 12.1. The molecule has 0 radical (unpaired) electrons. The molecule has 102 valence electrons. The molecule has 0 saturated heterocycles. The number of aliphatic imine (C=N–C) groups is 1. The van der Waals surface area contributed by atoms with E-state index in [4.69, 9.17) is 0 Å². The van der Waals surface area contributed by atoms with Crippen molar-refractivity contribution in [3.63, 3.8) is 0 Å². The zero-order valence-electron chi connectivity index (χ0n) is 11.3. The minimum atomic E-state index is -2.90. The van der Waals surface area contributed by atoms with E-state index in [-0.39, 0.29) is 11.5 Å². The fourth-order valence-corrected chi connectivity index (χ4v) is 1.87. The number of sulfone groups is 1. The second kappa shape index (κ2) is 8.33. The second-order valence-electron chi connectivity index (χ2n) is 4.34. The molecule has 0 rings (SSSR count). The van der Waals surface area contributed by atoms with Crippen molar-refractivity contribution < 1.29 is 8.42 Å². The van der Waals surface area contributed by atoms with Gasteiger partial charge in [-0.3, -0.25) is 4.99 Å². The Bertz CT molecular complexity index is 324. The van der Waals surface area contributed by atoms with Gasteiger partial charge >= 0.3 is 0 Å². The Balaban J connectivity index is 3.85. The Morgan fingerprint density at radius 3 is 2.29 bits per heavy atom. The average molecular weight is 263 g/mol. The van der Waals surface area contributed by atoms with Crippen molar-refractivity contribution in [1.29, 1.82) is 0 Å². The maximum Gasteiger partial charge on any atom is 0.191 e. The highest BCUT2D eigenvalue weighted by atomic mass is 32.2. The van der Waals surface area contributed by atoms with E-state index in [1.165, 1.54) is 0 Å². The van der Waals surface area contributed by atoms with Gasteiger partial charge in [-0.05, 0) is 12.3 Å². The summed E-state index contributed by atoms with van der Waals surface area (Å²) < 4.78 is 22.5. The molecule has 0 spiro atoms. The summed E-state index contributed by atoms with van der Waals surface area (Å²) in [5.74, 6) is 1.64. The molecule has 0 fully saturated rings. The van der Waals surface area contributed by atoms with Gasteiger partial charge in [0.15, 0.2) is 15.8 Å². The molecule has 0 aromatic carbocycles. The lowest BCUT2D eigenvalue weighted by Gasteiger charge is -2.12. The molecule has 0 heterocycles. The number of nitrogens with zero attached hydrogens (tertiary/aromatic N) is 1. The van der Waals surface area contributed by atoms with E-state index in [1.807, 2.05) is 0 Å². The lowest BCUT2D eigenvalue weighted by molar-refractivity contribution is 0.574. The lowest BCUT2D eigenvalue weighted by atomic mass is 10.1. The molecular weight excluding hydrogens is 238 g/mol. The quantitative estimate of drug-likeness (QED) is 0.522. The summed E-state index contributed by atoms with van der Waals surface area (Å²) in [5, 5.41) is 6.14. The van der Waals surface area contributed by atoms with Gasteiger partial charge in [0.05, 0.1) is 5.75 Å². The van der Waals surface area contributed by atoms with E-state index in [2.05, 4.69) is 29.5 Å². The number of guanidine groups is 1. The summed E-state index contributed by atoms with van der Waals surface area (Å²) in [6, 6.07) is 0. The normalized spacial score (nSPS) is 12.9. The first-order chi connectivity index (χ1) is 7.91. The molecule has 0 saturated carbocycles. The molecule has 0 aliphatic rings. The van der Waals surface area contributed by atoms with Gasteiger partial charge in [-0.2, -0.15) is 0 Å². The van der Waals surface area contributed by atoms with Crippen molar-refractivity contribution in [2.75, 3.05) is 31.6 Å². The van der Waals surface area contributed by atoms with Crippen molar-refractivity contribution in [3.05, 3.63) is 0 Å². The third kappa shape index (κ3) is 8.97. The van der Waals surface area contributed by atoms with E-state index in [0.29, 0.717) is 18.4 Å².